The molecule has 1 saturated carbocycles. The summed E-state index contributed by atoms with van der Waals surface area (Å²) in [6, 6.07) is 5.90. The van der Waals surface area contributed by atoms with Crippen LogP contribution in [0.15, 0.2) is 22.7 Å². The normalized spacial score (nSPS) is 22.2. The molecule has 5 heteroatoms. The zero-order chi connectivity index (χ0) is 15.2. The number of hydrogen-bond donors (Lipinski definition) is 1. The summed E-state index contributed by atoms with van der Waals surface area (Å²) < 4.78 is 0.538. The highest BCUT2D eigenvalue weighted by molar-refractivity contribution is 9.10. The Bertz CT molecular complexity index is 485. The summed E-state index contributed by atoms with van der Waals surface area (Å²) in [7, 11) is 0. The summed E-state index contributed by atoms with van der Waals surface area (Å²) in [4.78, 5) is 10.6. The Hall–Kier alpha value is -0.940. The average molecular weight is 355 g/mol. The standard InChI is InChI=1S/C16H23BrN2O2/c1-2-3-12-4-7-14(8-5-12)18-11-13-6-9-15(17)16(10-13)19(20)21/h6,9-10,12,14,18H,2-5,7-8,11H2,1H3. The van der Waals surface area contributed by atoms with Gasteiger partial charge in [0, 0.05) is 18.7 Å². The summed E-state index contributed by atoms with van der Waals surface area (Å²) in [6.07, 6.45) is 7.71. The molecule has 0 spiro atoms. The molecule has 21 heavy (non-hydrogen) atoms. The first-order chi connectivity index (χ1) is 10.1. The number of benzene rings is 1. The van der Waals surface area contributed by atoms with Crippen molar-refractivity contribution in [2.75, 3.05) is 0 Å². The molecule has 0 bridgehead atoms. The average Bonchev–Trinajstić information content (AvgIpc) is 2.48. The molecule has 0 heterocycles. The third-order valence-corrected chi connectivity index (χ3v) is 5.02. The summed E-state index contributed by atoms with van der Waals surface area (Å²) in [5, 5.41) is 14.5. The maximum atomic E-state index is 10.9. The Morgan fingerprint density at radius 2 is 2.05 bits per heavy atom. The molecule has 1 aliphatic carbocycles. The van der Waals surface area contributed by atoms with Crippen molar-refractivity contribution in [3.63, 3.8) is 0 Å². The zero-order valence-electron chi connectivity index (χ0n) is 12.5. The molecule has 0 aromatic heterocycles. The van der Waals surface area contributed by atoms with Gasteiger partial charge in [0.05, 0.1) is 9.40 Å². The van der Waals surface area contributed by atoms with Crippen molar-refractivity contribution in [3.8, 4) is 0 Å². The fraction of sp³-hybridized carbons (Fsp3) is 0.625. The molecule has 1 fully saturated rings. The van der Waals surface area contributed by atoms with Gasteiger partial charge in [-0.1, -0.05) is 25.8 Å². The van der Waals surface area contributed by atoms with E-state index in [1.54, 1.807) is 12.1 Å². The van der Waals surface area contributed by atoms with Gasteiger partial charge in [0.15, 0.2) is 0 Å². The molecule has 0 aliphatic heterocycles. The molecule has 4 nitrogen and oxygen atoms in total. The van der Waals surface area contributed by atoms with Crippen LogP contribution in [0.25, 0.3) is 0 Å². The number of hydrogen-bond acceptors (Lipinski definition) is 3. The molecule has 0 radical (unpaired) electrons. The lowest BCUT2D eigenvalue weighted by atomic mass is 9.83. The third-order valence-electron chi connectivity index (χ3n) is 4.35. The van der Waals surface area contributed by atoms with E-state index in [1.807, 2.05) is 6.07 Å². The molecular formula is C16H23BrN2O2. The number of nitro groups is 1. The second kappa shape index (κ2) is 7.90. The largest absolute Gasteiger partial charge is 0.310 e. The lowest BCUT2D eigenvalue weighted by molar-refractivity contribution is -0.385. The Balaban J connectivity index is 1.84. The number of nitro benzene ring substituents is 1. The first kappa shape index (κ1) is 16.4. The van der Waals surface area contributed by atoms with Gasteiger partial charge >= 0.3 is 0 Å². The molecule has 0 unspecified atom stereocenters. The summed E-state index contributed by atoms with van der Waals surface area (Å²) in [5.74, 6) is 0.904. The molecule has 1 N–H and O–H groups in total. The minimum Gasteiger partial charge on any atom is -0.310 e. The van der Waals surface area contributed by atoms with Crippen molar-refractivity contribution in [2.24, 2.45) is 5.92 Å². The van der Waals surface area contributed by atoms with Crippen LogP contribution in [0.1, 0.15) is 51.0 Å². The molecule has 0 atom stereocenters. The van der Waals surface area contributed by atoms with Crippen LogP contribution in [0.4, 0.5) is 5.69 Å². The zero-order valence-corrected chi connectivity index (χ0v) is 14.1. The van der Waals surface area contributed by atoms with Gasteiger partial charge in [-0.05, 0) is 59.2 Å². The quantitative estimate of drug-likeness (QED) is 0.589. The van der Waals surface area contributed by atoms with E-state index in [1.165, 1.54) is 38.5 Å². The van der Waals surface area contributed by atoms with E-state index in [2.05, 4.69) is 28.2 Å². The minimum atomic E-state index is -0.344. The van der Waals surface area contributed by atoms with Crippen LogP contribution in [-0.2, 0) is 6.54 Å². The van der Waals surface area contributed by atoms with E-state index < -0.39 is 0 Å². The SMILES string of the molecule is CCCC1CCC(NCc2ccc(Br)c([N+](=O)[O-])c2)CC1. The molecule has 2 rings (SSSR count). The van der Waals surface area contributed by atoms with Gasteiger partial charge in [0.2, 0.25) is 0 Å². The Morgan fingerprint density at radius 1 is 1.33 bits per heavy atom. The number of rotatable bonds is 6. The molecule has 0 amide bonds. The Kier molecular flexibility index (Phi) is 6.18. The second-order valence-corrected chi connectivity index (χ2v) is 6.78. The number of nitrogens with zero attached hydrogens (tertiary/aromatic N) is 1. The topological polar surface area (TPSA) is 55.2 Å². The van der Waals surface area contributed by atoms with Crippen molar-refractivity contribution < 1.29 is 4.92 Å². The van der Waals surface area contributed by atoms with Gasteiger partial charge < -0.3 is 5.32 Å². The summed E-state index contributed by atoms with van der Waals surface area (Å²) in [5.41, 5.74) is 1.11. The first-order valence-electron chi connectivity index (χ1n) is 7.76. The maximum absolute atomic E-state index is 10.9. The van der Waals surface area contributed by atoms with E-state index in [9.17, 15) is 10.1 Å². The highest BCUT2D eigenvalue weighted by Crippen LogP contribution is 2.28. The predicted molar refractivity (Wildman–Crippen MR) is 88.3 cm³/mol. The van der Waals surface area contributed by atoms with Crippen molar-refractivity contribution in [3.05, 3.63) is 38.3 Å². The predicted octanol–water partition coefficient (Wildman–Crippen LogP) is 4.81. The smallest absolute Gasteiger partial charge is 0.283 e. The second-order valence-electron chi connectivity index (χ2n) is 5.93. The van der Waals surface area contributed by atoms with E-state index in [-0.39, 0.29) is 10.6 Å². The van der Waals surface area contributed by atoms with E-state index in [0.29, 0.717) is 17.1 Å². The third kappa shape index (κ3) is 4.78. The molecule has 1 aromatic carbocycles. The molecular weight excluding hydrogens is 332 g/mol. The van der Waals surface area contributed by atoms with Crippen molar-refractivity contribution in [1.82, 2.24) is 5.32 Å². The maximum Gasteiger partial charge on any atom is 0.283 e. The lowest BCUT2D eigenvalue weighted by Crippen LogP contribution is -2.32. The van der Waals surface area contributed by atoms with Crippen LogP contribution in [0, 0.1) is 16.0 Å². The van der Waals surface area contributed by atoms with Crippen LogP contribution < -0.4 is 5.32 Å². The van der Waals surface area contributed by atoms with Gasteiger partial charge in [0.1, 0.15) is 0 Å². The van der Waals surface area contributed by atoms with E-state index in [4.69, 9.17) is 0 Å². The van der Waals surface area contributed by atoms with Crippen LogP contribution in [0.3, 0.4) is 0 Å². The minimum absolute atomic E-state index is 0.140. The highest BCUT2D eigenvalue weighted by Gasteiger charge is 2.20. The van der Waals surface area contributed by atoms with Crippen LogP contribution >= 0.6 is 15.9 Å². The Morgan fingerprint density at radius 3 is 2.67 bits per heavy atom. The van der Waals surface area contributed by atoms with Crippen LogP contribution in [0.2, 0.25) is 0 Å². The number of halogens is 1. The van der Waals surface area contributed by atoms with Gasteiger partial charge in [-0.15, -0.1) is 0 Å². The van der Waals surface area contributed by atoms with Crippen LogP contribution in [-0.4, -0.2) is 11.0 Å². The van der Waals surface area contributed by atoms with Crippen molar-refractivity contribution >= 4 is 21.6 Å². The van der Waals surface area contributed by atoms with Gasteiger partial charge in [0.25, 0.3) is 5.69 Å². The molecule has 1 aliphatic rings. The van der Waals surface area contributed by atoms with Crippen LogP contribution in [0.5, 0.6) is 0 Å². The molecule has 0 saturated heterocycles. The highest BCUT2D eigenvalue weighted by atomic mass is 79.9. The number of nitrogens with one attached hydrogen (secondary N) is 1. The lowest BCUT2D eigenvalue weighted by Gasteiger charge is -2.29. The summed E-state index contributed by atoms with van der Waals surface area (Å²) >= 11 is 3.22. The van der Waals surface area contributed by atoms with E-state index >= 15 is 0 Å². The Labute approximate surface area is 134 Å². The van der Waals surface area contributed by atoms with Crippen molar-refractivity contribution in [1.29, 1.82) is 0 Å². The molecule has 116 valence electrons. The fourth-order valence-electron chi connectivity index (χ4n) is 3.13. The van der Waals surface area contributed by atoms with Gasteiger partial charge in [-0.25, -0.2) is 0 Å². The van der Waals surface area contributed by atoms with Gasteiger partial charge in [-0.2, -0.15) is 0 Å². The molecule has 1 aromatic rings. The first-order valence-corrected chi connectivity index (χ1v) is 8.55. The summed E-state index contributed by atoms with van der Waals surface area (Å²) in [6.45, 7) is 2.96. The van der Waals surface area contributed by atoms with E-state index in [0.717, 1.165) is 11.5 Å². The monoisotopic (exact) mass is 354 g/mol. The van der Waals surface area contributed by atoms with Crippen molar-refractivity contribution in [2.45, 2.75) is 58.0 Å². The fourth-order valence-corrected chi connectivity index (χ4v) is 3.53. The van der Waals surface area contributed by atoms with Gasteiger partial charge in [-0.3, -0.25) is 10.1 Å².